The number of carbonyl (C=O) groups is 2. The molecule has 0 radical (unpaired) electrons. The van der Waals surface area contributed by atoms with Crippen molar-refractivity contribution in [2.75, 3.05) is 11.9 Å². The van der Waals surface area contributed by atoms with Gasteiger partial charge in [-0.25, -0.2) is 4.79 Å². The van der Waals surface area contributed by atoms with E-state index in [0.29, 0.717) is 23.4 Å². The lowest BCUT2D eigenvalue weighted by Crippen LogP contribution is -2.15. The number of hydrogen-bond donors (Lipinski definition) is 1. The van der Waals surface area contributed by atoms with E-state index >= 15 is 0 Å². The maximum Gasteiger partial charge on any atom is 0.338 e. The highest BCUT2D eigenvalue weighted by molar-refractivity contribution is 6.05. The molecule has 0 bridgehead atoms. The second kappa shape index (κ2) is 11.0. The van der Waals surface area contributed by atoms with Crippen LogP contribution in [-0.2, 0) is 17.6 Å². The van der Waals surface area contributed by atoms with Gasteiger partial charge in [-0.05, 0) is 60.7 Å². The number of ether oxygens (including phenoxy) is 1. The predicted molar refractivity (Wildman–Crippen MR) is 120 cm³/mol. The van der Waals surface area contributed by atoms with Gasteiger partial charge in [-0.2, -0.15) is 0 Å². The third-order valence-electron chi connectivity index (χ3n) is 4.90. The molecule has 0 spiro atoms. The monoisotopic (exact) mass is 401 g/mol. The van der Waals surface area contributed by atoms with E-state index in [0.717, 1.165) is 31.2 Å². The van der Waals surface area contributed by atoms with Crippen LogP contribution in [0.15, 0.2) is 78.9 Å². The lowest BCUT2D eigenvalue weighted by Gasteiger charge is -2.11. The Morgan fingerprint density at radius 1 is 0.833 bits per heavy atom. The molecule has 0 saturated heterocycles. The molecule has 1 N–H and O–H groups in total. The molecule has 0 aliphatic rings. The summed E-state index contributed by atoms with van der Waals surface area (Å²) in [6.45, 7) is 2.47. The molecule has 0 saturated carbocycles. The highest BCUT2D eigenvalue weighted by Crippen LogP contribution is 2.16. The molecular formula is C26H27NO3. The molecule has 30 heavy (non-hydrogen) atoms. The fourth-order valence-electron chi connectivity index (χ4n) is 3.16. The van der Waals surface area contributed by atoms with Crippen molar-refractivity contribution in [1.29, 1.82) is 0 Å². The van der Waals surface area contributed by atoms with E-state index in [2.05, 4.69) is 17.4 Å². The maximum absolute atomic E-state index is 12.8. The third-order valence-corrected chi connectivity index (χ3v) is 4.90. The minimum Gasteiger partial charge on any atom is -0.462 e. The van der Waals surface area contributed by atoms with Gasteiger partial charge in [-0.1, -0.05) is 61.9 Å². The molecule has 154 valence electrons. The second-order valence-electron chi connectivity index (χ2n) is 7.16. The summed E-state index contributed by atoms with van der Waals surface area (Å²) in [7, 11) is 0. The van der Waals surface area contributed by atoms with Gasteiger partial charge < -0.3 is 10.1 Å². The number of aryl methyl sites for hydroxylation is 2. The molecular weight excluding hydrogens is 374 g/mol. The van der Waals surface area contributed by atoms with E-state index in [1.807, 2.05) is 49.4 Å². The van der Waals surface area contributed by atoms with E-state index in [9.17, 15) is 9.59 Å². The molecule has 4 nitrogen and oxygen atoms in total. The SMILES string of the molecule is CCCCOC(=O)c1ccc(NC(=O)c2ccccc2CCc2ccccc2)cc1. The fourth-order valence-corrected chi connectivity index (χ4v) is 3.16. The zero-order valence-electron chi connectivity index (χ0n) is 17.3. The number of amides is 1. The fraction of sp³-hybridized carbons (Fsp3) is 0.231. The zero-order valence-corrected chi connectivity index (χ0v) is 17.3. The molecule has 3 aromatic rings. The third kappa shape index (κ3) is 6.05. The van der Waals surface area contributed by atoms with Crippen molar-refractivity contribution in [3.8, 4) is 0 Å². The number of carbonyl (C=O) groups excluding carboxylic acids is 2. The van der Waals surface area contributed by atoms with Crippen molar-refractivity contribution in [3.63, 3.8) is 0 Å². The molecule has 0 fully saturated rings. The number of unbranched alkanes of at least 4 members (excludes halogenated alkanes) is 1. The van der Waals surface area contributed by atoms with Crippen LogP contribution in [0.25, 0.3) is 0 Å². The van der Waals surface area contributed by atoms with Crippen LogP contribution in [0.2, 0.25) is 0 Å². The Balaban J connectivity index is 1.62. The minimum absolute atomic E-state index is 0.156. The van der Waals surface area contributed by atoms with Gasteiger partial charge in [0.15, 0.2) is 0 Å². The Labute approximate surface area is 177 Å². The van der Waals surface area contributed by atoms with Crippen LogP contribution >= 0.6 is 0 Å². The summed E-state index contributed by atoms with van der Waals surface area (Å²) >= 11 is 0. The smallest absolute Gasteiger partial charge is 0.338 e. The van der Waals surface area contributed by atoms with Gasteiger partial charge in [0.05, 0.1) is 12.2 Å². The van der Waals surface area contributed by atoms with Gasteiger partial charge in [-0.15, -0.1) is 0 Å². The molecule has 0 aromatic heterocycles. The second-order valence-corrected chi connectivity index (χ2v) is 7.16. The Hall–Kier alpha value is -3.40. The first-order valence-electron chi connectivity index (χ1n) is 10.4. The number of anilines is 1. The lowest BCUT2D eigenvalue weighted by molar-refractivity contribution is 0.0499. The van der Waals surface area contributed by atoms with Crippen molar-refractivity contribution >= 4 is 17.6 Å². The Bertz CT molecular complexity index is 965. The topological polar surface area (TPSA) is 55.4 Å². The van der Waals surface area contributed by atoms with E-state index in [1.54, 1.807) is 24.3 Å². The van der Waals surface area contributed by atoms with E-state index in [4.69, 9.17) is 4.74 Å². The van der Waals surface area contributed by atoms with Gasteiger partial charge in [-0.3, -0.25) is 4.79 Å². The van der Waals surface area contributed by atoms with Gasteiger partial charge >= 0.3 is 5.97 Å². The summed E-state index contributed by atoms with van der Waals surface area (Å²) in [5.41, 5.74) is 4.04. The van der Waals surface area contributed by atoms with Gasteiger partial charge in [0, 0.05) is 11.3 Å². The highest BCUT2D eigenvalue weighted by atomic mass is 16.5. The number of rotatable bonds is 9. The maximum atomic E-state index is 12.8. The summed E-state index contributed by atoms with van der Waals surface area (Å²) in [6.07, 6.45) is 3.49. The number of nitrogens with one attached hydrogen (secondary N) is 1. The first-order chi connectivity index (χ1) is 14.7. The Morgan fingerprint density at radius 3 is 2.27 bits per heavy atom. The van der Waals surface area contributed by atoms with Gasteiger partial charge in [0.25, 0.3) is 5.91 Å². The predicted octanol–water partition coefficient (Wildman–Crippen LogP) is 5.68. The summed E-state index contributed by atoms with van der Waals surface area (Å²) in [4.78, 5) is 24.8. The molecule has 3 aromatic carbocycles. The van der Waals surface area contributed by atoms with Crippen LogP contribution < -0.4 is 5.32 Å². The van der Waals surface area contributed by atoms with Gasteiger partial charge in [0.2, 0.25) is 0 Å². The van der Waals surface area contributed by atoms with E-state index in [-0.39, 0.29) is 11.9 Å². The average molecular weight is 402 g/mol. The van der Waals surface area contributed by atoms with Crippen molar-refractivity contribution in [2.45, 2.75) is 32.6 Å². The zero-order chi connectivity index (χ0) is 21.2. The van der Waals surface area contributed by atoms with Crippen LogP contribution in [0, 0.1) is 0 Å². The quantitative estimate of drug-likeness (QED) is 0.371. The Kier molecular flexibility index (Phi) is 7.78. The summed E-state index contributed by atoms with van der Waals surface area (Å²) < 4.78 is 5.21. The van der Waals surface area contributed by atoms with E-state index < -0.39 is 0 Å². The van der Waals surface area contributed by atoms with E-state index in [1.165, 1.54) is 5.56 Å². The standard InChI is InChI=1S/C26H27NO3/c1-2-3-19-30-26(29)22-15-17-23(18-16-22)27-25(28)24-12-8-7-11-21(24)14-13-20-9-5-4-6-10-20/h4-12,15-18H,2-3,13-14,19H2,1H3,(H,27,28). The Morgan fingerprint density at radius 2 is 1.53 bits per heavy atom. The number of esters is 1. The summed E-state index contributed by atoms with van der Waals surface area (Å²) in [6, 6.07) is 24.7. The van der Waals surface area contributed by atoms with Gasteiger partial charge in [0.1, 0.15) is 0 Å². The van der Waals surface area contributed by atoms with Crippen LogP contribution in [0.3, 0.4) is 0 Å². The van der Waals surface area contributed by atoms with Crippen LogP contribution in [0.5, 0.6) is 0 Å². The van der Waals surface area contributed by atoms with Crippen molar-refractivity contribution in [1.82, 2.24) is 0 Å². The molecule has 0 atom stereocenters. The molecule has 4 heteroatoms. The first kappa shape index (κ1) is 21.3. The molecule has 0 unspecified atom stereocenters. The molecule has 0 aliphatic carbocycles. The summed E-state index contributed by atoms with van der Waals surface area (Å²) in [5.74, 6) is -0.496. The molecule has 1 amide bonds. The minimum atomic E-state index is -0.340. The highest BCUT2D eigenvalue weighted by Gasteiger charge is 2.12. The largest absolute Gasteiger partial charge is 0.462 e. The molecule has 0 heterocycles. The average Bonchev–Trinajstić information content (AvgIpc) is 2.79. The molecule has 3 rings (SSSR count). The van der Waals surface area contributed by atoms with Crippen LogP contribution in [0.4, 0.5) is 5.69 Å². The summed E-state index contributed by atoms with van der Waals surface area (Å²) in [5, 5.41) is 2.92. The first-order valence-corrected chi connectivity index (χ1v) is 10.4. The van der Waals surface area contributed by atoms with Crippen molar-refractivity contribution < 1.29 is 14.3 Å². The van der Waals surface area contributed by atoms with Crippen LogP contribution in [0.1, 0.15) is 51.6 Å². The lowest BCUT2D eigenvalue weighted by atomic mass is 9.99. The van der Waals surface area contributed by atoms with Crippen LogP contribution in [-0.4, -0.2) is 18.5 Å². The van der Waals surface area contributed by atoms with Crippen molar-refractivity contribution in [2.24, 2.45) is 0 Å². The van der Waals surface area contributed by atoms with Crippen molar-refractivity contribution in [3.05, 3.63) is 101 Å². The normalized spacial score (nSPS) is 10.4. The molecule has 0 aliphatic heterocycles. The number of hydrogen-bond acceptors (Lipinski definition) is 3. The number of benzene rings is 3.